The highest BCUT2D eigenvalue weighted by Crippen LogP contribution is 2.38. The first-order valence-electron chi connectivity index (χ1n) is 8.99. The molecule has 1 saturated heterocycles. The van der Waals surface area contributed by atoms with Gasteiger partial charge in [-0.25, -0.2) is 4.68 Å². The van der Waals surface area contributed by atoms with Gasteiger partial charge in [0.05, 0.1) is 42.7 Å². The van der Waals surface area contributed by atoms with Gasteiger partial charge < -0.3 is 15.2 Å². The van der Waals surface area contributed by atoms with E-state index in [1.54, 1.807) is 4.68 Å². The molecule has 2 aliphatic rings. The lowest BCUT2D eigenvalue weighted by molar-refractivity contribution is -0.137. The highest BCUT2D eigenvalue weighted by atomic mass is 19.4. The van der Waals surface area contributed by atoms with E-state index >= 15 is 0 Å². The van der Waals surface area contributed by atoms with Gasteiger partial charge in [0.1, 0.15) is 0 Å². The number of hydrogen-bond acceptors (Lipinski definition) is 5. The highest BCUT2D eigenvalue weighted by molar-refractivity contribution is 5.24. The van der Waals surface area contributed by atoms with Crippen molar-refractivity contribution in [1.29, 1.82) is 0 Å². The van der Waals surface area contributed by atoms with E-state index in [1.807, 2.05) is 6.20 Å². The SMILES string of the molecule is O[C@H]1CO[C@H](Cn2cc(C3CC3)nn2)[C@@H]1NCc1ccc(C(F)(F)F)cc1. The maximum absolute atomic E-state index is 12.6. The van der Waals surface area contributed by atoms with Crippen LogP contribution in [0, 0.1) is 0 Å². The molecule has 1 saturated carbocycles. The lowest BCUT2D eigenvalue weighted by Gasteiger charge is -2.22. The fourth-order valence-corrected chi connectivity index (χ4v) is 3.31. The quantitative estimate of drug-likeness (QED) is 0.801. The molecule has 4 rings (SSSR count). The molecule has 2 N–H and O–H groups in total. The zero-order valence-corrected chi connectivity index (χ0v) is 14.6. The number of rotatable bonds is 6. The van der Waals surface area contributed by atoms with E-state index in [0.29, 0.717) is 24.6 Å². The second-order valence-electron chi connectivity index (χ2n) is 7.18. The molecular weight excluding hydrogens is 361 g/mol. The molecule has 27 heavy (non-hydrogen) atoms. The molecule has 2 heterocycles. The Hall–Kier alpha value is -1.97. The van der Waals surface area contributed by atoms with Crippen LogP contribution >= 0.6 is 0 Å². The van der Waals surface area contributed by atoms with Crippen LogP contribution in [0.5, 0.6) is 0 Å². The number of aliphatic hydroxyl groups is 1. The summed E-state index contributed by atoms with van der Waals surface area (Å²) < 4.78 is 45.3. The molecule has 1 aromatic carbocycles. The van der Waals surface area contributed by atoms with Gasteiger partial charge >= 0.3 is 6.18 Å². The molecule has 2 aromatic rings. The summed E-state index contributed by atoms with van der Waals surface area (Å²) in [5, 5.41) is 21.7. The number of benzene rings is 1. The monoisotopic (exact) mass is 382 g/mol. The van der Waals surface area contributed by atoms with Crippen molar-refractivity contribution in [2.24, 2.45) is 0 Å². The zero-order chi connectivity index (χ0) is 19.0. The van der Waals surface area contributed by atoms with Crippen molar-refractivity contribution >= 4 is 0 Å². The molecule has 1 aliphatic carbocycles. The summed E-state index contributed by atoms with van der Waals surface area (Å²) in [5.74, 6) is 0.516. The van der Waals surface area contributed by atoms with E-state index in [0.717, 1.165) is 30.7 Å². The van der Waals surface area contributed by atoms with Crippen LogP contribution < -0.4 is 5.32 Å². The lowest BCUT2D eigenvalue weighted by atomic mass is 10.1. The normalized spacial score (nSPS) is 25.9. The minimum atomic E-state index is -4.34. The average molecular weight is 382 g/mol. The second-order valence-corrected chi connectivity index (χ2v) is 7.18. The van der Waals surface area contributed by atoms with Crippen molar-refractivity contribution in [3.8, 4) is 0 Å². The Kier molecular flexibility index (Phi) is 4.92. The third-order valence-corrected chi connectivity index (χ3v) is 5.04. The van der Waals surface area contributed by atoms with Crippen molar-refractivity contribution in [3.05, 3.63) is 47.3 Å². The van der Waals surface area contributed by atoms with Crippen molar-refractivity contribution in [2.75, 3.05) is 6.61 Å². The highest BCUT2D eigenvalue weighted by Gasteiger charge is 2.37. The summed E-state index contributed by atoms with van der Waals surface area (Å²) >= 11 is 0. The van der Waals surface area contributed by atoms with Crippen LogP contribution in [-0.2, 0) is 24.0 Å². The van der Waals surface area contributed by atoms with Gasteiger partial charge in [-0.1, -0.05) is 17.3 Å². The molecule has 0 unspecified atom stereocenters. The largest absolute Gasteiger partial charge is 0.416 e. The summed E-state index contributed by atoms with van der Waals surface area (Å²) in [6, 6.07) is 4.66. The van der Waals surface area contributed by atoms with Gasteiger partial charge in [0.15, 0.2) is 0 Å². The fraction of sp³-hybridized carbons (Fsp3) is 0.556. The molecule has 9 heteroatoms. The van der Waals surface area contributed by atoms with Crippen molar-refractivity contribution in [2.45, 2.75) is 56.3 Å². The van der Waals surface area contributed by atoms with Gasteiger partial charge in [0, 0.05) is 18.7 Å². The van der Waals surface area contributed by atoms with Crippen molar-refractivity contribution in [1.82, 2.24) is 20.3 Å². The van der Waals surface area contributed by atoms with Crippen LogP contribution in [0.4, 0.5) is 13.2 Å². The van der Waals surface area contributed by atoms with Crippen LogP contribution in [0.2, 0.25) is 0 Å². The van der Waals surface area contributed by atoms with Crippen LogP contribution in [0.15, 0.2) is 30.5 Å². The van der Waals surface area contributed by atoms with E-state index in [4.69, 9.17) is 4.74 Å². The lowest BCUT2D eigenvalue weighted by Crippen LogP contribution is -2.45. The van der Waals surface area contributed by atoms with Crippen LogP contribution in [0.1, 0.15) is 35.6 Å². The molecule has 0 amide bonds. The van der Waals surface area contributed by atoms with Crippen LogP contribution in [-0.4, -0.2) is 45.0 Å². The molecule has 146 valence electrons. The standard InChI is InChI=1S/C18H21F3N4O2/c19-18(20,21)13-5-1-11(2-6-13)7-22-17-15(26)10-27-16(17)9-25-8-14(23-24-25)12-3-4-12/h1-2,5-6,8,12,15-17,22,26H,3-4,7,9-10H2/t15-,16+,17+/m0/s1. The number of alkyl halides is 3. The predicted molar refractivity (Wildman–Crippen MR) is 89.8 cm³/mol. The first-order valence-corrected chi connectivity index (χ1v) is 8.99. The minimum Gasteiger partial charge on any atom is -0.389 e. The minimum absolute atomic E-state index is 0.208. The number of aromatic nitrogens is 3. The van der Waals surface area contributed by atoms with Crippen molar-refractivity contribution < 1.29 is 23.0 Å². The number of nitrogens with zero attached hydrogens (tertiary/aromatic N) is 3. The Morgan fingerprint density at radius 1 is 1.22 bits per heavy atom. The Balaban J connectivity index is 1.35. The molecule has 2 fully saturated rings. The average Bonchev–Trinajstić information content (AvgIpc) is 3.28. The van der Waals surface area contributed by atoms with Crippen LogP contribution in [0.3, 0.4) is 0 Å². The third kappa shape index (κ3) is 4.31. The Bertz CT molecular complexity index is 774. The predicted octanol–water partition coefficient (Wildman–Crippen LogP) is 2.09. The molecule has 6 nitrogen and oxygen atoms in total. The number of hydrogen-bond donors (Lipinski definition) is 2. The van der Waals surface area contributed by atoms with E-state index in [1.165, 1.54) is 12.1 Å². The number of aliphatic hydroxyl groups excluding tert-OH is 1. The Labute approximate surface area is 154 Å². The smallest absolute Gasteiger partial charge is 0.389 e. The first-order chi connectivity index (χ1) is 12.9. The van der Waals surface area contributed by atoms with Gasteiger partial charge in [0.2, 0.25) is 0 Å². The van der Waals surface area contributed by atoms with E-state index < -0.39 is 17.8 Å². The van der Waals surface area contributed by atoms with Gasteiger partial charge in [-0.3, -0.25) is 0 Å². The van der Waals surface area contributed by atoms with E-state index in [2.05, 4.69) is 15.6 Å². The molecule has 3 atom stereocenters. The van der Waals surface area contributed by atoms with E-state index in [-0.39, 0.29) is 18.8 Å². The van der Waals surface area contributed by atoms with E-state index in [9.17, 15) is 18.3 Å². The molecule has 0 radical (unpaired) electrons. The number of ether oxygens (including phenoxy) is 1. The van der Waals surface area contributed by atoms with Crippen molar-refractivity contribution in [3.63, 3.8) is 0 Å². The molecule has 0 spiro atoms. The van der Waals surface area contributed by atoms with Gasteiger partial charge in [0.25, 0.3) is 0 Å². The second kappa shape index (κ2) is 7.21. The van der Waals surface area contributed by atoms with Crippen LogP contribution in [0.25, 0.3) is 0 Å². The first kappa shape index (κ1) is 18.4. The third-order valence-electron chi connectivity index (χ3n) is 5.04. The van der Waals surface area contributed by atoms with Gasteiger partial charge in [-0.15, -0.1) is 5.10 Å². The topological polar surface area (TPSA) is 72.2 Å². The molecule has 1 aromatic heterocycles. The summed E-state index contributed by atoms with van der Waals surface area (Å²) in [6.45, 7) is 1.01. The van der Waals surface area contributed by atoms with Gasteiger partial charge in [-0.05, 0) is 30.5 Å². The molecular formula is C18H21F3N4O2. The molecule has 1 aliphatic heterocycles. The maximum Gasteiger partial charge on any atom is 0.416 e. The summed E-state index contributed by atoms with van der Waals surface area (Å²) in [7, 11) is 0. The Morgan fingerprint density at radius 3 is 2.63 bits per heavy atom. The number of halogens is 3. The zero-order valence-electron chi connectivity index (χ0n) is 14.6. The summed E-state index contributed by atoms with van der Waals surface area (Å²) in [6.07, 6.45) is -1.11. The molecule has 0 bridgehead atoms. The Morgan fingerprint density at radius 2 is 1.96 bits per heavy atom. The summed E-state index contributed by atoms with van der Waals surface area (Å²) in [5.41, 5.74) is 1.02. The fourth-order valence-electron chi connectivity index (χ4n) is 3.31. The maximum atomic E-state index is 12.6. The van der Waals surface area contributed by atoms with Gasteiger partial charge in [-0.2, -0.15) is 13.2 Å². The summed E-state index contributed by atoms with van der Waals surface area (Å²) in [4.78, 5) is 0. The number of nitrogens with one attached hydrogen (secondary N) is 1.